The number of ether oxygens (including phenoxy) is 1. The van der Waals surface area contributed by atoms with Crippen LogP contribution in [0.15, 0.2) is 42.5 Å². The van der Waals surface area contributed by atoms with Gasteiger partial charge in [0.15, 0.2) is 0 Å². The van der Waals surface area contributed by atoms with Crippen LogP contribution in [0.25, 0.3) is 0 Å². The summed E-state index contributed by atoms with van der Waals surface area (Å²) >= 11 is 0. The molecule has 0 radical (unpaired) electrons. The fourth-order valence-electron chi connectivity index (χ4n) is 2.36. The number of esters is 1. The lowest BCUT2D eigenvalue weighted by Crippen LogP contribution is -2.13. The van der Waals surface area contributed by atoms with Crippen molar-refractivity contribution in [2.45, 2.75) is 13.0 Å². The summed E-state index contributed by atoms with van der Waals surface area (Å²) in [6.45, 7) is 1.57. The molecule has 0 aromatic heterocycles. The van der Waals surface area contributed by atoms with E-state index in [0.29, 0.717) is 11.3 Å². The molecular formula is C17H17N3O6. The van der Waals surface area contributed by atoms with Gasteiger partial charge in [0.1, 0.15) is 11.8 Å². The van der Waals surface area contributed by atoms with Gasteiger partial charge in [0.2, 0.25) is 0 Å². The predicted octanol–water partition coefficient (Wildman–Crippen LogP) is 3.49. The summed E-state index contributed by atoms with van der Waals surface area (Å²) < 4.78 is 5.29. The van der Waals surface area contributed by atoms with Crippen LogP contribution in [0.3, 0.4) is 0 Å². The van der Waals surface area contributed by atoms with E-state index in [4.69, 9.17) is 4.74 Å². The van der Waals surface area contributed by atoms with Crippen molar-refractivity contribution in [1.29, 1.82) is 0 Å². The number of carbonyl (C=O) groups excluding carboxylic acids is 1. The summed E-state index contributed by atoms with van der Waals surface area (Å²) in [6, 6.07) is 9.80. The van der Waals surface area contributed by atoms with Crippen LogP contribution < -0.4 is 4.90 Å². The second-order valence-corrected chi connectivity index (χ2v) is 5.75. The molecule has 0 saturated carbocycles. The maximum Gasteiger partial charge on any atom is 0.338 e. The lowest BCUT2D eigenvalue weighted by atomic mass is 10.1. The standard InChI is InChI=1S/C17H17N3O6/c1-11(12-5-4-6-14(9-12)19(22)23)26-17(21)13-7-8-15(18(2)3)16(10-13)20(24)25/h4-11H,1-3H3/t11-/m0/s1. The van der Waals surface area contributed by atoms with Gasteiger partial charge in [-0.3, -0.25) is 20.2 Å². The topological polar surface area (TPSA) is 116 Å². The molecule has 2 aromatic carbocycles. The summed E-state index contributed by atoms with van der Waals surface area (Å²) in [6.07, 6.45) is -0.755. The molecule has 0 aliphatic rings. The van der Waals surface area contributed by atoms with Gasteiger partial charge in [0.25, 0.3) is 11.4 Å². The smallest absolute Gasteiger partial charge is 0.338 e. The molecule has 0 bridgehead atoms. The Balaban J connectivity index is 2.24. The fourth-order valence-corrected chi connectivity index (χ4v) is 2.36. The molecule has 136 valence electrons. The first-order valence-electron chi connectivity index (χ1n) is 7.61. The number of rotatable bonds is 6. The number of anilines is 1. The van der Waals surface area contributed by atoms with E-state index in [1.165, 1.54) is 30.3 Å². The van der Waals surface area contributed by atoms with Gasteiger partial charge in [-0.25, -0.2) is 4.79 Å². The molecule has 0 aliphatic carbocycles. The molecule has 0 aliphatic heterocycles. The zero-order valence-electron chi connectivity index (χ0n) is 14.4. The third-order valence-corrected chi connectivity index (χ3v) is 3.72. The molecule has 0 spiro atoms. The second-order valence-electron chi connectivity index (χ2n) is 5.75. The number of carbonyl (C=O) groups is 1. The van der Waals surface area contributed by atoms with Crippen molar-refractivity contribution in [2.75, 3.05) is 19.0 Å². The first-order chi connectivity index (χ1) is 12.2. The lowest BCUT2D eigenvalue weighted by molar-refractivity contribution is -0.385. The van der Waals surface area contributed by atoms with Gasteiger partial charge in [0, 0.05) is 32.3 Å². The molecule has 9 nitrogen and oxygen atoms in total. The van der Waals surface area contributed by atoms with Crippen LogP contribution in [-0.4, -0.2) is 29.9 Å². The minimum absolute atomic E-state index is 0.0274. The second kappa shape index (κ2) is 7.60. The Bertz CT molecular complexity index is 865. The van der Waals surface area contributed by atoms with Crippen LogP contribution in [-0.2, 0) is 4.74 Å². The van der Waals surface area contributed by atoms with Gasteiger partial charge in [-0.15, -0.1) is 0 Å². The number of nitro groups is 2. The summed E-state index contributed by atoms with van der Waals surface area (Å²) in [5, 5.41) is 22.0. The van der Waals surface area contributed by atoms with Crippen molar-refractivity contribution < 1.29 is 19.4 Å². The third-order valence-electron chi connectivity index (χ3n) is 3.72. The highest BCUT2D eigenvalue weighted by Crippen LogP contribution is 2.29. The van der Waals surface area contributed by atoms with Crippen molar-refractivity contribution in [1.82, 2.24) is 0 Å². The van der Waals surface area contributed by atoms with Crippen molar-refractivity contribution in [3.8, 4) is 0 Å². The molecule has 0 amide bonds. The zero-order valence-corrected chi connectivity index (χ0v) is 14.4. The Morgan fingerprint density at radius 2 is 1.77 bits per heavy atom. The number of benzene rings is 2. The average molecular weight is 359 g/mol. The van der Waals surface area contributed by atoms with E-state index in [-0.39, 0.29) is 16.9 Å². The Hall–Kier alpha value is -3.49. The van der Waals surface area contributed by atoms with Gasteiger partial charge in [-0.1, -0.05) is 12.1 Å². The van der Waals surface area contributed by atoms with Gasteiger partial charge in [-0.2, -0.15) is 0 Å². The minimum atomic E-state index is -0.755. The maximum atomic E-state index is 12.3. The third kappa shape index (κ3) is 4.12. The van der Waals surface area contributed by atoms with E-state index in [0.717, 1.165) is 6.07 Å². The summed E-state index contributed by atoms with van der Waals surface area (Å²) in [7, 11) is 3.31. The highest BCUT2D eigenvalue weighted by molar-refractivity contribution is 5.91. The SMILES string of the molecule is C[C@H](OC(=O)c1ccc(N(C)C)c([N+](=O)[O-])c1)c1cccc([N+](=O)[O-])c1. The van der Waals surface area contributed by atoms with Crippen LogP contribution in [0.4, 0.5) is 17.1 Å². The number of nitrogens with zero attached hydrogens (tertiary/aromatic N) is 3. The number of non-ortho nitro benzene ring substituents is 1. The Kier molecular flexibility index (Phi) is 5.51. The van der Waals surface area contributed by atoms with Crippen LogP contribution >= 0.6 is 0 Å². The van der Waals surface area contributed by atoms with E-state index >= 15 is 0 Å². The fraction of sp³-hybridized carbons (Fsp3) is 0.235. The minimum Gasteiger partial charge on any atom is -0.454 e. The Morgan fingerprint density at radius 1 is 1.08 bits per heavy atom. The maximum absolute atomic E-state index is 12.3. The Labute approximate surface area is 149 Å². The normalized spacial score (nSPS) is 11.5. The van der Waals surface area contributed by atoms with Crippen LogP contribution in [0.1, 0.15) is 28.9 Å². The first kappa shape index (κ1) is 18.8. The van der Waals surface area contributed by atoms with Gasteiger partial charge >= 0.3 is 5.97 Å². The monoisotopic (exact) mass is 359 g/mol. The molecule has 0 unspecified atom stereocenters. The molecule has 0 heterocycles. The molecule has 1 atom stereocenters. The van der Waals surface area contributed by atoms with Gasteiger partial charge < -0.3 is 9.64 Å². The van der Waals surface area contributed by atoms with E-state index < -0.39 is 21.9 Å². The highest BCUT2D eigenvalue weighted by atomic mass is 16.6. The van der Waals surface area contributed by atoms with Crippen molar-refractivity contribution in [3.63, 3.8) is 0 Å². The molecule has 26 heavy (non-hydrogen) atoms. The number of hydrogen-bond acceptors (Lipinski definition) is 7. The molecule has 2 aromatic rings. The van der Waals surface area contributed by atoms with Gasteiger partial charge in [0.05, 0.1) is 15.4 Å². The molecule has 2 rings (SSSR count). The summed E-state index contributed by atoms with van der Waals surface area (Å²) in [5.74, 6) is -0.752. The van der Waals surface area contributed by atoms with E-state index in [9.17, 15) is 25.0 Å². The molecule has 0 N–H and O–H groups in total. The van der Waals surface area contributed by atoms with Crippen molar-refractivity contribution in [2.24, 2.45) is 0 Å². The zero-order chi connectivity index (χ0) is 19.4. The summed E-state index contributed by atoms with van der Waals surface area (Å²) in [4.78, 5) is 34.8. The lowest BCUT2D eigenvalue weighted by Gasteiger charge is -2.15. The van der Waals surface area contributed by atoms with Crippen molar-refractivity contribution in [3.05, 3.63) is 73.8 Å². The molecule has 0 fully saturated rings. The van der Waals surface area contributed by atoms with E-state index in [1.54, 1.807) is 32.0 Å². The van der Waals surface area contributed by atoms with Gasteiger partial charge in [-0.05, 0) is 24.6 Å². The highest BCUT2D eigenvalue weighted by Gasteiger charge is 2.21. The molecule has 0 saturated heterocycles. The predicted molar refractivity (Wildman–Crippen MR) is 94.4 cm³/mol. The van der Waals surface area contributed by atoms with Crippen molar-refractivity contribution >= 4 is 23.0 Å². The van der Waals surface area contributed by atoms with E-state index in [1.807, 2.05) is 0 Å². The quantitative estimate of drug-likeness (QED) is 0.440. The van der Waals surface area contributed by atoms with Crippen LogP contribution in [0.2, 0.25) is 0 Å². The largest absolute Gasteiger partial charge is 0.454 e. The number of nitro benzene ring substituents is 2. The Morgan fingerprint density at radius 3 is 2.35 bits per heavy atom. The summed E-state index contributed by atoms with van der Waals surface area (Å²) in [5.41, 5.74) is 0.508. The average Bonchev–Trinajstić information content (AvgIpc) is 2.60. The molecule has 9 heteroatoms. The van der Waals surface area contributed by atoms with Crippen LogP contribution in [0.5, 0.6) is 0 Å². The molecular weight excluding hydrogens is 342 g/mol. The first-order valence-corrected chi connectivity index (χ1v) is 7.61. The number of hydrogen-bond donors (Lipinski definition) is 0. The van der Waals surface area contributed by atoms with Crippen LogP contribution in [0, 0.1) is 20.2 Å². The van der Waals surface area contributed by atoms with E-state index in [2.05, 4.69) is 0 Å².